The monoisotopic (exact) mass is 367 g/mol. The topological polar surface area (TPSA) is 75.7 Å². The summed E-state index contributed by atoms with van der Waals surface area (Å²) >= 11 is 0. The number of halogens is 6. The van der Waals surface area contributed by atoms with Crippen LogP contribution in [0.5, 0.6) is 11.5 Å². The van der Waals surface area contributed by atoms with Crippen LogP contribution in [0.3, 0.4) is 0 Å². The van der Waals surface area contributed by atoms with E-state index in [2.05, 4.69) is 10.3 Å². The number of nitrogens with one attached hydrogen (secondary N) is 1. The Labute approximate surface area is 126 Å². The van der Waals surface area contributed by atoms with Crippen LogP contribution in [0.2, 0.25) is 0 Å². The van der Waals surface area contributed by atoms with Crippen molar-refractivity contribution < 1.29 is 39.4 Å². The number of benzene rings is 1. The molecule has 0 saturated carbocycles. The van der Waals surface area contributed by atoms with Crippen LogP contribution in [0.1, 0.15) is 6.92 Å². The van der Waals surface area contributed by atoms with Crippen molar-refractivity contribution in [3.63, 3.8) is 0 Å². The summed E-state index contributed by atoms with van der Waals surface area (Å²) in [5, 5.41) is 11.3. The molecule has 132 valence electrons. The summed E-state index contributed by atoms with van der Waals surface area (Å²) in [5.74, 6) is 0.505. The van der Waals surface area contributed by atoms with Gasteiger partial charge in [0.15, 0.2) is 10.7 Å². The SMILES string of the molecule is COc1cc(NC(C)=O)c(OC)cc1[N+]#N.F[P-](F)(F)(F)(F)F. The van der Waals surface area contributed by atoms with Crippen LogP contribution in [0, 0.1) is 5.39 Å². The first-order valence-corrected chi connectivity index (χ1v) is 7.55. The molecule has 1 aromatic carbocycles. The summed E-state index contributed by atoms with van der Waals surface area (Å²) in [4.78, 5) is 14.0. The molecule has 1 N–H and O–H groups in total. The Morgan fingerprint density at radius 3 is 1.83 bits per heavy atom. The number of nitrogens with zero attached hydrogens (tertiary/aromatic N) is 2. The molecule has 0 spiro atoms. The van der Waals surface area contributed by atoms with Gasteiger partial charge < -0.3 is 14.8 Å². The van der Waals surface area contributed by atoms with Crippen LogP contribution in [0.4, 0.5) is 36.6 Å². The molecule has 0 atom stereocenters. The maximum absolute atomic E-state index is 11.0. The van der Waals surface area contributed by atoms with E-state index in [9.17, 15) is 30.0 Å². The predicted octanol–water partition coefficient (Wildman–Crippen LogP) is 5.53. The third-order valence-electron chi connectivity index (χ3n) is 1.92. The summed E-state index contributed by atoms with van der Waals surface area (Å²) in [6.45, 7) is 1.39. The van der Waals surface area contributed by atoms with Gasteiger partial charge in [0.05, 0.1) is 26.0 Å². The summed E-state index contributed by atoms with van der Waals surface area (Å²) in [7, 11) is -7.77. The fourth-order valence-corrected chi connectivity index (χ4v) is 1.25. The molecule has 0 aromatic heterocycles. The van der Waals surface area contributed by atoms with Gasteiger partial charge in [-0.2, -0.15) is 0 Å². The third-order valence-corrected chi connectivity index (χ3v) is 1.92. The molecule has 13 heteroatoms. The van der Waals surface area contributed by atoms with E-state index in [0.717, 1.165) is 0 Å². The van der Waals surface area contributed by atoms with Gasteiger partial charge in [-0.05, 0) is 0 Å². The maximum atomic E-state index is 11.0. The van der Waals surface area contributed by atoms with Crippen LogP contribution in [-0.2, 0) is 4.79 Å². The normalized spacial score (nSPS) is 13.4. The fraction of sp³-hybridized carbons (Fsp3) is 0.300. The van der Waals surface area contributed by atoms with E-state index in [0.29, 0.717) is 17.2 Å². The zero-order valence-corrected chi connectivity index (χ0v) is 12.9. The first-order chi connectivity index (χ1) is 10.1. The number of hydrogen-bond acceptors (Lipinski definition) is 4. The number of rotatable bonds is 3. The van der Waals surface area contributed by atoms with Crippen molar-refractivity contribution in [3.05, 3.63) is 17.1 Å². The number of diazo groups is 1. The third kappa shape index (κ3) is 11.0. The predicted molar refractivity (Wildman–Crippen MR) is 72.2 cm³/mol. The summed E-state index contributed by atoms with van der Waals surface area (Å²) in [5.41, 5.74) is 0.688. The molecule has 6 nitrogen and oxygen atoms in total. The molecule has 0 fully saturated rings. The first-order valence-electron chi connectivity index (χ1n) is 5.52. The van der Waals surface area contributed by atoms with E-state index in [1.54, 1.807) is 0 Å². The Hall–Kier alpha value is -2.28. The standard InChI is InChI=1S/C10H11N3O3.F6P/c1-6(14)12-7-4-10(16-3)8(13-11)5-9(7)15-2;1-7(2,3,4,5)6/h4-5H,1-3H3;/q;-1/p+1. The Morgan fingerprint density at radius 1 is 1.09 bits per heavy atom. The van der Waals surface area contributed by atoms with Crippen molar-refractivity contribution in [2.45, 2.75) is 6.92 Å². The summed E-state index contributed by atoms with van der Waals surface area (Å²) in [6, 6.07) is 2.99. The zero-order valence-electron chi connectivity index (χ0n) is 12.0. The molecule has 1 aromatic rings. The second-order valence-corrected chi connectivity index (χ2v) is 5.88. The number of amides is 1. The molecule has 0 aliphatic rings. The molecular weight excluding hydrogens is 355 g/mol. The van der Waals surface area contributed by atoms with Crippen LogP contribution in [0.25, 0.3) is 4.98 Å². The minimum absolute atomic E-state index is 0.228. The number of carbonyl (C=O) groups is 1. The molecule has 0 saturated heterocycles. The van der Waals surface area contributed by atoms with Crippen molar-refractivity contribution in [1.82, 2.24) is 0 Å². The number of ether oxygens (including phenoxy) is 2. The van der Waals surface area contributed by atoms with Crippen molar-refractivity contribution in [2.24, 2.45) is 0 Å². The Kier molecular flexibility index (Phi) is 5.48. The number of anilines is 1. The Bertz CT molecular complexity index is 630. The molecule has 23 heavy (non-hydrogen) atoms. The second kappa shape index (κ2) is 6.08. The average Bonchev–Trinajstić information content (AvgIpc) is 2.33. The van der Waals surface area contributed by atoms with Crippen LogP contribution >= 0.6 is 7.81 Å². The molecule has 0 unspecified atom stereocenters. The van der Waals surface area contributed by atoms with Crippen molar-refractivity contribution in [3.8, 4) is 11.5 Å². The summed E-state index contributed by atoms with van der Waals surface area (Å²) < 4.78 is 69.2. The zero-order chi connectivity index (χ0) is 18.5. The fourth-order valence-electron chi connectivity index (χ4n) is 1.25. The van der Waals surface area contributed by atoms with E-state index < -0.39 is 7.81 Å². The van der Waals surface area contributed by atoms with E-state index in [-0.39, 0.29) is 11.6 Å². The van der Waals surface area contributed by atoms with Gasteiger partial charge in [0, 0.05) is 13.0 Å². The van der Waals surface area contributed by atoms with Gasteiger partial charge in [-0.3, -0.25) is 4.79 Å². The first kappa shape index (κ1) is 20.7. The molecule has 0 aliphatic heterocycles. The Morgan fingerprint density at radius 2 is 1.52 bits per heavy atom. The second-order valence-electron chi connectivity index (χ2n) is 3.96. The van der Waals surface area contributed by atoms with Crippen LogP contribution in [-0.4, -0.2) is 20.1 Å². The van der Waals surface area contributed by atoms with Gasteiger partial charge in [0.25, 0.3) is 0 Å². The van der Waals surface area contributed by atoms with E-state index in [4.69, 9.17) is 14.9 Å². The van der Waals surface area contributed by atoms with Gasteiger partial charge in [-0.15, -0.1) is 0 Å². The summed E-state index contributed by atoms with van der Waals surface area (Å²) in [6.07, 6.45) is 0. The van der Waals surface area contributed by atoms with Crippen molar-refractivity contribution >= 4 is 25.1 Å². The molecule has 0 aliphatic carbocycles. The minimum atomic E-state index is -10.7. The van der Waals surface area contributed by atoms with E-state index in [1.165, 1.54) is 33.3 Å². The molecule has 0 radical (unpaired) electrons. The molecular formula is C10H12F6N3O3P. The molecule has 0 heterocycles. The Balaban J connectivity index is 0.000000585. The van der Waals surface area contributed by atoms with Crippen molar-refractivity contribution in [2.75, 3.05) is 19.5 Å². The molecule has 1 rings (SSSR count). The molecule has 1 amide bonds. The van der Waals surface area contributed by atoms with Gasteiger partial charge in [0.1, 0.15) is 0 Å². The van der Waals surface area contributed by atoms with Gasteiger partial charge >= 0.3 is 38.7 Å². The van der Waals surface area contributed by atoms with E-state index >= 15 is 0 Å². The van der Waals surface area contributed by atoms with Crippen LogP contribution < -0.4 is 14.8 Å². The number of methoxy groups -OCH3 is 2. The molecule has 0 bridgehead atoms. The quantitative estimate of drug-likeness (QED) is 0.433. The average molecular weight is 367 g/mol. The number of carbonyl (C=O) groups excluding carboxylic acids is 1. The van der Waals surface area contributed by atoms with Gasteiger partial charge in [0.2, 0.25) is 17.0 Å². The number of hydrogen-bond donors (Lipinski definition) is 1. The van der Waals surface area contributed by atoms with Crippen LogP contribution in [0.15, 0.2) is 12.1 Å². The van der Waals surface area contributed by atoms with Crippen molar-refractivity contribution in [1.29, 1.82) is 5.39 Å². The van der Waals surface area contributed by atoms with Gasteiger partial charge in [-0.25, -0.2) is 0 Å². The van der Waals surface area contributed by atoms with E-state index in [1.807, 2.05) is 0 Å². The van der Waals surface area contributed by atoms with Gasteiger partial charge in [-0.1, -0.05) is 0 Å².